The molecule has 31 heavy (non-hydrogen) atoms. The van der Waals surface area contributed by atoms with E-state index in [1.165, 1.54) is 0 Å². The molecule has 1 fully saturated rings. The number of piperidine rings is 1. The predicted molar refractivity (Wildman–Crippen MR) is 125 cm³/mol. The van der Waals surface area contributed by atoms with Gasteiger partial charge in [0.25, 0.3) is 5.56 Å². The number of para-hydroxylation sites is 2. The van der Waals surface area contributed by atoms with Crippen molar-refractivity contribution in [3.05, 3.63) is 64.8 Å². The van der Waals surface area contributed by atoms with Crippen molar-refractivity contribution in [2.75, 3.05) is 26.7 Å². The molecule has 1 aromatic carbocycles. The maximum atomic E-state index is 13.4. The van der Waals surface area contributed by atoms with Crippen molar-refractivity contribution in [2.24, 2.45) is 5.92 Å². The Balaban J connectivity index is 0.00000136. The Morgan fingerprint density at radius 1 is 1.16 bits per heavy atom. The summed E-state index contributed by atoms with van der Waals surface area (Å²) in [7, 11) is 1.83. The maximum absolute atomic E-state index is 13.4. The van der Waals surface area contributed by atoms with E-state index in [9.17, 15) is 9.59 Å². The van der Waals surface area contributed by atoms with Gasteiger partial charge in [-0.2, -0.15) is 0 Å². The van der Waals surface area contributed by atoms with Crippen molar-refractivity contribution in [3.63, 3.8) is 0 Å². The number of likely N-dealkylation sites (N-methyl/N-ethyl adjacent to an activating group) is 1. The van der Waals surface area contributed by atoms with Crippen LogP contribution in [0.4, 0.5) is 0 Å². The van der Waals surface area contributed by atoms with Gasteiger partial charge in [0.05, 0.1) is 17.4 Å². The third-order valence-electron chi connectivity index (χ3n) is 6.38. The Bertz CT molecular complexity index is 1130. The van der Waals surface area contributed by atoms with Crippen LogP contribution < -0.4 is 10.9 Å². The van der Waals surface area contributed by atoms with Crippen molar-refractivity contribution < 1.29 is 4.79 Å². The lowest BCUT2D eigenvalue weighted by atomic mass is 9.79. The van der Waals surface area contributed by atoms with Gasteiger partial charge in [0, 0.05) is 56.8 Å². The molecule has 166 valence electrons. The number of carbonyl (C=O) groups excluding carboxylic acids is 1. The molecule has 2 aliphatic rings. The highest BCUT2D eigenvalue weighted by Gasteiger charge is 2.42. The van der Waals surface area contributed by atoms with Crippen LogP contribution in [-0.2, 0) is 11.3 Å². The third kappa shape index (κ3) is 4.10. The van der Waals surface area contributed by atoms with Gasteiger partial charge >= 0.3 is 0 Å². The lowest BCUT2D eigenvalue weighted by Gasteiger charge is -2.43. The third-order valence-corrected chi connectivity index (χ3v) is 6.38. The highest BCUT2D eigenvalue weighted by atomic mass is 35.5. The van der Waals surface area contributed by atoms with Crippen LogP contribution in [0.5, 0.6) is 0 Å². The van der Waals surface area contributed by atoms with Crippen molar-refractivity contribution in [2.45, 2.75) is 24.9 Å². The number of nitrogens with one attached hydrogen (secondary N) is 1. The molecule has 1 saturated heterocycles. The molecule has 0 radical (unpaired) electrons. The number of aromatic nitrogens is 3. The summed E-state index contributed by atoms with van der Waals surface area (Å²) in [6, 6.07) is 12.9. The maximum Gasteiger partial charge on any atom is 0.251 e. The van der Waals surface area contributed by atoms with E-state index in [2.05, 4.69) is 14.9 Å². The molecule has 7 nitrogen and oxygen atoms in total. The molecule has 4 heterocycles. The van der Waals surface area contributed by atoms with Crippen LogP contribution >= 0.6 is 24.8 Å². The number of pyridine rings is 1. The van der Waals surface area contributed by atoms with Gasteiger partial charge in [-0.1, -0.05) is 18.2 Å². The second-order valence-electron chi connectivity index (χ2n) is 8.14. The highest BCUT2D eigenvalue weighted by molar-refractivity contribution is 5.85. The fraction of sp³-hybridized carbons (Fsp3) is 0.409. The Kier molecular flexibility index (Phi) is 7.09. The van der Waals surface area contributed by atoms with Crippen LogP contribution in [0.1, 0.15) is 24.1 Å². The van der Waals surface area contributed by atoms with Crippen LogP contribution in [-0.4, -0.2) is 51.6 Å². The first kappa shape index (κ1) is 23.3. The predicted octanol–water partition coefficient (Wildman–Crippen LogP) is 2.45. The molecule has 0 unspecified atom stereocenters. The van der Waals surface area contributed by atoms with E-state index in [-0.39, 0.29) is 42.2 Å². The normalized spacial score (nSPS) is 21.5. The van der Waals surface area contributed by atoms with Crippen LogP contribution in [0, 0.1) is 5.92 Å². The molecule has 1 amide bonds. The zero-order chi connectivity index (χ0) is 20.0. The van der Waals surface area contributed by atoms with E-state index in [4.69, 9.17) is 0 Å². The Labute approximate surface area is 193 Å². The molecule has 0 spiro atoms. The van der Waals surface area contributed by atoms with E-state index in [1.807, 2.05) is 43.7 Å². The van der Waals surface area contributed by atoms with Crippen LogP contribution in [0.25, 0.3) is 11.0 Å². The Hall–Kier alpha value is -2.35. The highest BCUT2D eigenvalue weighted by Crippen LogP contribution is 2.39. The molecule has 2 aromatic heterocycles. The second kappa shape index (κ2) is 9.42. The number of hydrogen-bond acceptors (Lipinski definition) is 4. The first-order chi connectivity index (χ1) is 14.1. The summed E-state index contributed by atoms with van der Waals surface area (Å²) < 4.78 is 3.82. The molecule has 5 rings (SSSR count). The average Bonchev–Trinajstić information content (AvgIpc) is 3.16. The van der Waals surface area contributed by atoms with E-state index in [1.54, 1.807) is 21.6 Å². The van der Waals surface area contributed by atoms with Gasteiger partial charge in [-0.15, -0.1) is 24.8 Å². The van der Waals surface area contributed by atoms with Crippen molar-refractivity contribution in [1.29, 1.82) is 0 Å². The zero-order valence-corrected chi connectivity index (χ0v) is 18.9. The summed E-state index contributed by atoms with van der Waals surface area (Å²) in [5.41, 5.74) is 2.92. The summed E-state index contributed by atoms with van der Waals surface area (Å²) in [5, 5.41) is 3.45. The topological polar surface area (TPSA) is 72.2 Å². The zero-order valence-electron chi connectivity index (χ0n) is 17.3. The second-order valence-corrected chi connectivity index (χ2v) is 8.14. The number of amides is 1. The molecule has 3 aromatic rings. The van der Waals surface area contributed by atoms with Crippen molar-refractivity contribution in [1.82, 2.24) is 24.3 Å². The molecule has 0 saturated carbocycles. The van der Waals surface area contributed by atoms with Crippen LogP contribution in [0.2, 0.25) is 0 Å². The van der Waals surface area contributed by atoms with Gasteiger partial charge in [0.1, 0.15) is 6.04 Å². The summed E-state index contributed by atoms with van der Waals surface area (Å²) in [6.45, 7) is 2.87. The molecular formula is C22H27Cl2N5O2. The molecule has 1 N–H and O–H groups in total. The molecule has 2 bridgehead atoms. The minimum atomic E-state index is -0.438. The number of benzene rings is 1. The number of fused-ring (bicyclic) bond motifs is 5. The van der Waals surface area contributed by atoms with Crippen LogP contribution in [0.3, 0.4) is 0 Å². The monoisotopic (exact) mass is 463 g/mol. The Morgan fingerprint density at radius 2 is 1.97 bits per heavy atom. The summed E-state index contributed by atoms with van der Waals surface area (Å²) in [6.07, 6.45) is 2.77. The van der Waals surface area contributed by atoms with Gasteiger partial charge in [-0.3, -0.25) is 14.2 Å². The van der Waals surface area contributed by atoms with Gasteiger partial charge in [0.15, 0.2) is 0 Å². The number of hydrogen-bond donors (Lipinski definition) is 1. The summed E-state index contributed by atoms with van der Waals surface area (Å²) in [5.74, 6) is 0.454. The molecular weight excluding hydrogens is 437 g/mol. The number of halogens is 2. The van der Waals surface area contributed by atoms with Crippen molar-refractivity contribution >= 4 is 41.8 Å². The standard InChI is InChI=1S/C22H25N5O2.2ClH/c1-25(9-10-26-14-24-17-5-2-3-6-19(17)26)22(29)21-16-11-15(12-23-13-16)18-7-4-8-20(28)27(18)21;;/h2-8,14-16,21,23H,9-13H2,1H3;2*1H/t15-,16+,21-;;/m1../s1. The van der Waals surface area contributed by atoms with Gasteiger partial charge < -0.3 is 14.8 Å². The molecule has 3 atom stereocenters. The largest absolute Gasteiger partial charge is 0.342 e. The lowest BCUT2D eigenvalue weighted by molar-refractivity contribution is -0.136. The Morgan fingerprint density at radius 3 is 2.81 bits per heavy atom. The molecule has 9 heteroatoms. The van der Waals surface area contributed by atoms with E-state index < -0.39 is 6.04 Å². The fourth-order valence-electron chi connectivity index (χ4n) is 4.89. The van der Waals surface area contributed by atoms with E-state index >= 15 is 0 Å². The minimum absolute atomic E-state index is 0. The SMILES string of the molecule is CN(CCn1cnc2ccccc21)C(=O)[C@H]1[C@@H]2CNC[C@@H](C2)c2cccc(=O)n21.Cl.Cl. The summed E-state index contributed by atoms with van der Waals surface area (Å²) >= 11 is 0. The quantitative estimate of drug-likeness (QED) is 0.644. The fourth-order valence-corrected chi connectivity index (χ4v) is 4.89. The molecule has 0 aliphatic carbocycles. The average molecular weight is 464 g/mol. The summed E-state index contributed by atoms with van der Waals surface area (Å²) in [4.78, 5) is 32.3. The number of rotatable bonds is 4. The first-order valence-corrected chi connectivity index (χ1v) is 10.2. The number of nitrogens with zero attached hydrogens (tertiary/aromatic N) is 4. The van der Waals surface area contributed by atoms with Crippen molar-refractivity contribution in [3.8, 4) is 0 Å². The lowest BCUT2D eigenvalue weighted by Crippen LogP contribution is -2.52. The van der Waals surface area contributed by atoms with Gasteiger partial charge in [0.2, 0.25) is 5.91 Å². The van der Waals surface area contributed by atoms with Gasteiger partial charge in [-0.05, 0) is 24.6 Å². The first-order valence-electron chi connectivity index (χ1n) is 10.2. The minimum Gasteiger partial charge on any atom is -0.342 e. The van der Waals surface area contributed by atoms with Crippen LogP contribution in [0.15, 0.2) is 53.6 Å². The smallest absolute Gasteiger partial charge is 0.251 e. The van der Waals surface area contributed by atoms with E-state index in [0.29, 0.717) is 19.0 Å². The van der Waals surface area contributed by atoms with E-state index in [0.717, 1.165) is 36.2 Å². The van der Waals surface area contributed by atoms with Gasteiger partial charge in [-0.25, -0.2) is 4.98 Å². The number of carbonyl (C=O) groups is 1. The number of imidazole rings is 1. The molecule has 2 aliphatic heterocycles.